The van der Waals surface area contributed by atoms with E-state index in [9.17, 15) is 4.79 Å². The van der Waals surface area contributed by atoms with Gasteiger partial charge in [0.2, 0.25) is 5.91 Å². The molecule has 0 aliphatic carbocycles. The van der Waals surface area contributed by atoms with E-state index in [1.807, 2.05) is 0 Å². The molecule has 1 amide bonds. The minimum atomic E-state index is 0.189. The Bertz CT molecular complexity index is 240. The number of hydrogen-bond donors (Lipinski definition) is 2. The van der Waals surface area contributed by atoms with Crippen LogP contribution in [-0.2, 0) is 9.53 Å². The van der Waals surface area contributed by atoms with E-state index >= 15 is 0 Å². The standard InChI is InChI=1S/C13H24N2O2/c16-13-10-11(4-3-7-15-13)14-8-6-12-5-1-2-9-17-12/h11-12,14H,1-10H2,(H,15,16). The fraction of sp³-hybridized carbons (Fsp3) is 0.923. The summed E-state index contributed by atoms with van der Waals surface area (Å²) in [4.78, 5) is 11.4. The predicted octanol–water partition coefficient (Wildman–Crippen LogP) is 1.20. The van der Waals surface area contributed by atoms with Crippen LogP contribution in [0.1, 0.15) is 44.9 Å². The van der Waals surface area contributed by atoms with Crippen LogP contribution in [0.5, 0.6) is 0 Å². The molecule has 0 aromatic carbocycles. The highest BCUT2D eigenvalue weighted by Crippen LogP contribution is 2.15. The monoisotopic (exact) mass is 240 g/mol. The molecule has 0 aromatic rings. The maximum absolute atomic E-state index is 11.4. The fourth-order valence-electron chi connectivity index (χ4n) is 2.63. The van der Waals surface area contributed by atoms with Crippen LogP contribution in [0.25, 0.3) is 0 Å². The molecule has 2 atom stereocenters. The van der Waals surface area contributed by atoms with E-state index in [0.717, 1.165) is 39.0 Å². The minimum absolute atomic E-state index is 0.189. The van der Waals surface area contributed by atoms with E-state index in [2.05, 4.69) is 10.6 Å². The van der Waals surface area contributed by atoms with Gasteiger partial charge in [-0.15, -0.1) is 0 Å². The molecule has 2 saturated heterocycles. The molecule has 2 unspecified atom stereocenters. The Labute approximate surface area is 103 Å². The van der Waals surface area contributed by atoms with Gasteiger partial charge >= 0.3 is 0 Å². The van der Waals surface area contributed by atoms with Crippen LogP contribution in [0.4, 0.5) is 0 Å². The number of nitrogens with one attached hydrogen (secondary N) is 2. The largest absolute Gasteiger partial charge is 0.378 e. The highest BCUT2D eigenvalue weighted by Gasteiger charge is 2.18. The third-order valence-corrected chi connectivity index (χ3v) is 3.66. The van der Waals surface area contributed by atoms with Crippen molar-refractivity contribution in [1.82, 2.24) is 10.6 Å². The lowest BCUT2D eigenvalue weighted by molar-refractivity contribution is -0.121. The summed E-state index contributed by atoms with van der Waals surface area (Å²) in [6, 6.07) is 0.362. The molecule has 2 aliphatic rings. The maximum Gasteiger partial charge on any atom is 0.221 e. The molecular weight excluding hydrogens is 216 g/mol. The van der Waals surface area contributed by atoms with E-state index < -0.39 is 0 Å². The summed E-state index contributed by atoms with van der Waals surface area (Å²) in [5.41, 5.74) is 0. The molecule has 4 heteroatoms. The van der Waals surface area contributed by atoms with Gasteiger partial charge < -0.3 is 15.4 Å². The lowest BCUT2D eigenvalue weighted by Crippen LogP contribution is -2.35. The summed E-state index contributed by atoms with van der Waals surface area (Å²) in [5.74, 6) is 0.189. The molecule has 2 aliphatic heterocycles. The van der Waals surface area contributed by atoms with Crippen molar-refractivity contribution in [3.63, 3.8) is 0 Å². The molecule has 2 fully saturated rings. The first-order chi connectivity index (χ1) is 8.34. The second-order valence-corrected chi connectivity index (χ2v) is 5.12. The van der Waals surface area contributed by atoms with Crippen molar-refractivity contribution in [1.29, 1.82) is 0 Å². The second kappa shape index (κ2) is 6.97. The number of hydrogen-bond acceptors (Lipinski definition) is 3. The lowest BCUT2D eigenvalue weighted by atomic mass is 10.1. The van der Waals surface area contributed by atoms with Crippen LogP contribution >= 0.6 is 0 Å². The van der Waals surface area contributed by atoms with E-state index in [4.69, 9.17) is 4.74 Å². The van der Waals surface area contributed by atoms with E-state index in [0.29, 0.717) is 18.6 Å². The molecule has 0 saturated carbocycles. The second-order valence-electron chi connectivity index (χ2n) is 5.12. The molecule has 0 bridgehead atoms. The molecule has 2 N–H and O–H groups in total. The van der Waals surface area contributed by atoms with Crippen LogP contribution in [0.3, 0.4) is 0 Å². The normalized spacial score (nSPS) is 30.7. The zero-order valence-corrected chi connectivity index (χ0v) is 10.5. The Kier molecular flexibility index (Phi) is 5.26. The molecule has 0 spiro atoms. The van der Waals surface area contributed by atoms with Gasteiger partial charge in [0.15, 0.2) is 0 Å². The maximum atomic E-state index is 11.4. The average Bonchev–Trinajstić information content (AvgIpc) is 2.55. The predicted molar refractivity (Wildman–Crippen MR) is 66.9 cm³/mol. The Morgan fingerprint density at radius 3 is 3.06 bits per heavy atom. The quantitative estimate of drug-likeness (QED) is 0.776. The molecule has 0 radical (unpaired) electrons. The first-order valence-electron chi connectivity index (χ1n) is 6.96. The molecule has 17 heavy (non-hydrogen) atoms. The third kappa shape index (κ3) is 4.64. The van der Waals surface area contributed by atoms with Gasteiger partial charge in [-0.3, -0.25) is 4.79 Å². The molecule has 2 rings (SSSR count). The Balaban J connectivity index is 1.61. The van der Waals surface area contributed by atoms with Crippen LogP contribution in [0.2, 0.25) is 0 Å². The Hall–Kier alpha value is -0.610. The summed E-state index contributed by atoms with van der Waals surface area (Å²) in [5, 5.41) is 6.41. The van der Waals surface area contributed by atoms with Gasteiger partial charge in [-0.2, -0.15) is 0 Å². The number of rotatable bonds is 4. The molecule has 0 aromatic heterocycles. The van der Waals surface area contributed by atoms with Crippen molar-refractivity contribution in [2.75, 3.05) is 19.7 Å². The van der Waals surface area contributed by atoms with E-state index in [-0.39, 0.29) is 5.91 Å². The van der Waals surface area contributed by atoms with Crippen molar-refractivity contribution in [2.24, 2.45) is 0 Å². The smallest absolute Gasteiger partial charge is 0.221 e. The van der Waals surface area contributed by atoms with E-state index in [1.165, 1.54) is 19.3 Å². The van der Waals surface area contributed by atoms with Crippen molar-refractivity contribution >= 4 is 5.91 Å². The van der Waals surface area contributed by atoms with Crippen molar-refractivity contribution in [3.05, 3.63) is 0 Å². The SMILES string of the molecule is O=C1CC(NCCC2CCCCO2)CCCN1. The first-order valence-corrected chi connectivity index (χ1v) is 6.96. The Morgan fingerprint density at radius 2 is 2.24 bits per heavy atom. The molecule has 4 nitrogen and oxygen atoms in total. The summed E-state index contributed by atoms with van der Waals surface area (Å²) in [7, 11) is 0. The third-order valence-electron chi connectivity index (χ3n) is 3.66. The van der Waals surface area contributed by atoms with Gasteiger partial charge in [-0.05, 0) is 45.1 Å². The highest BCUT2D eigenvalue weighted by molar-refractivity contribution is 5.76. The van der Waals surface area contributed by atoms with Gasteiger partial charge in [0.25, 0.3) is 0 Å². The zero-order valence-electron chi connectivity index (χ0n) is 10.5. The molecule has 98 valence electrons. The zero-order chi connectivity index (χ0) is 11.9. The van der Waals surface area contributed by atoms with E-state index in [1.54, 1.807) is 0 Å². The van der Waals surface area contributed by atoms with Gasteiger partial charge in [0.05, 0.1) is 6.10 Å². The Morgan fingerprint density at radius 1 is 1.29 bits per heavy atom. The van der Waals surface area contributed by atoms with Gasteiger partial charge in [0, 0.05) is 25.6 Å². The number of amides is 1. The molecular formula is C13H24N2O2. The lowest BCUT2D eigenvalue weighted by Gasteiger charge is -2.23. The van der Waals surface area contributed by atoms with Crippen molar-refractivity contribution in [2.45, 2.75) is 57.1 Å². The van der Waals surface area contributed by atoms with Crippen molar-refractivity contribution < 1.29 is 9.53 Å². The number of carbonyl (C=O) groups is 1. The van der Waals surface area contributed by atoms with Gasteiger partial charge in [-0.25, -0.2) is 0 Å². The van der Waals surface area contributed by atoms with Crippen molar-refractivity contribution in [3.8, 4) is 0 Å². The number of carbonyl (C=O) groups excluding carboxylic acids is 1. The van der Waals surface area contributed by atoms with Gasteiger partial charge in [0.1, 0.15) is 0 Å². The summed E-state index contributed by atoms with van der Waals surface area (Å²) >= 11 is 0. The summed E-state index contributed by atoms with van der Waals surface area (Å²) < 4.78 is 5.69. The summed E-state index contributed by atoms with van der Waals surface area (Å²) in [6.07, 6.45) is 8.06. The van der Waals surface area contributed by atoms with Crippen LogP contribution in [0, 0.1) is 0 Å². The first kappa shape index (κ1) is 12.8. The van der Waals surface area contributed by atoms with Crippen LogP contribution in [0.15, 0.2) is 0 Å². The summed E-state index contributed by atoms with van der Waals surface area (Å²) in [6.45, 7) is 2.74. The fourth-order valence-corrected chi connectivity index (χ4v) is 2.63. The highest BCUT2D eigenvalue weighted by atomic mass is 16.5. The topological polar surface area (TPSA) is 50.4 Å². The molecule has 2 heterocycles. The van der Waals surface area contributed by atoms with Crippen LogP contribution < -0.4 is 10.6 Å². The van der Waals surface area contributed by atoms with Crippen LogP contribution in [-0.4, -0.2) is 37.7 Å². The number of ether oxygens (including phenoxy) is 1. The van der Waals surface area contributed by atoms with Gasteiger partial charge in [-0.1, -0.05) is 0 Å². The average molecular weight is 240 g/mol. The minimum Gasteiger partial charge on any atom is -0.378 e.